The average molecular weight is 1780 g/mol. The molecule has 131 heavy (non-hydrogen) atoms. The zero-order valence-electron chi connectivity index (χ0n) is 76.1. The van der Waals surface area contributed by atoms with Crippen LogP contribution in [0.1, 0.15) is 211 Å². The second kappa shape index (κ2) is 35.0. The molecule has 1 aromatic heterocycles. The maximum Gasteiger partial charge on any atom is 0.338 e. The summed E-state index contributed by atoms with van der Waals surface area (Å²) >= 11 is 0. The van der Waals surface area contributed by atoms with E-state index in [1.54, 1.807) is 56.3 Å². The molecule has 18 atom stereocenters. The molecule has 6 aromatic carbocycles. The summed E-state index contributed by atoms with van der Waals surface area (Å²) in [5, 5.41) is 12.8. The summed E-state index contributed by atoms with van der Waals surface area (Å²) in [7, 11) is 1.35. The first-order chi connectivity index (χ1) is 62.4. The van der Waals surface area contributed by atoms with E-state index in [1.165, 1.54) is 89.8 Å². The minimum Gasteiger partial charge on any atom is -0.491 e. The molecule has 12 fully saturated rings. The lowest BCUT2D eigenvalue weighted by Gasteiger charge is -2.66. The lowest BCUT2D eigenvalue weighted by Crippen LogP contribution is -2.58. The van der Waals surface area contributed by atoms with Crippen LogP contribution in [0.5, 0.6) is 17.2 Å². The topological polar surface area (TPSA) is 332 Å². The lowest BCUT2D eigenvalue weighted by atomic mass is 9.39. The first-order valence-electron chi connectivity index (χ1n) is 46.5. The maximum atomic E-state index is 14.7. The number of esters is 4. The number of carboxylic acids is 1. The van der Waals surface area contributed by atoms with E-state index < -0.39 is 118 Å². The first-order valence-corrected chi connectivity index (χ1v) is 46.5. The fourth-order valence-corrected chi connectivity index (χ4v) is 25.4. The Balaban J connectivity index is 0.000000183. The van der Waals surface area contributed by atoms with Crippen molar-refractivity contribution < 1.29 is 91.1 Å². The fourth-order valence-electron chi connectivity index (χ4n) is 25.4. The number of carbonyl (C=O) groups is 13. The molecule has 6 saturated carbocycles. The van der Waals surface area contributed by atoms with E-state index in [2.05, 4.69) is 96.7 Å². The van der Waals surface area contributed by atoms with Crippen molar-refractivity contribution in [2.75, 3.05) is 34.1 Å². The van der Waals surface area contributed by atoms with Crippen molar-refractivity contribution in [3.8, 4) is 28.4 Å². The van der Waals surface area contributed by atoms with E-state index in [0.717, 1.165) is 113 Å². The molecule has 12 aliphatic rings. The number of aromatic carboxylic acids is 1. The Morgan fingerprint density at radius 1 is 0.542 bits per heavy atom. The van der Waals surface area contributed by atoms with Gasteiger partial charge >= 0.3 is 29.8 Å². The van der Waals surface area contributed by atoms with Crippen molar-refractivity contribution in [1.29, 1.82) is 0 Å². The van der Waals surface area contributed by atoms with E-state index in [1.807, 2.05) is 36.4 Å². The third-order valence-corrected chi connectivity index (χ3v) is 32.2. The quantitative estimate of drug-likeness (QED) is 0.0179. The van der Waals surface area contributed by atoms with Gasteiger partial charge in [0.05, 0.1) is 58.6 Å². The highest BCUT2D eigenvalue weighted by Gasteiger charge is 2.67. The highest BCUT2D eigenvalue weighted by Crippen LogP contribution is 2.73. The van der Waals surface area contributed by atoms with Gasteiger partial charge in [0.2, 0.25) is 47.3 Å². The molecule has 7 heterocycles. The van der Waals surface area contributed by atoms with Gasteiger partial charge in [-0.15, -0.1) is 0 Å². The second-order valence-corrected chi connectivity index (χ2v) is 40.2. The number of nitrogen functional groups attached to an aromatic ring is 1. The molecule has 6 aliphatic heterocycles. The van der Waals surface area contributed by atoms with Crippen molar-refractivity contribution in [3.05, 3.63) is 187 Å². The minimum atomic E-state index is -1.55. The number of carboxylic acid groups (broad SMARTS) is 1. The van der Waals surface area contributed by atoms with Crippen LogP contribution in [-0.4, -0.2) is 105 Å². The zero-order chi connectivity index (χ0) is 93.2. The predicted molar refractivity (Wildman–Crippen MR) is 491 cm³/mol. The Morgan fingerprint density at radius 3 is 1.56 bits per heavy atom. The molecule has 19 rings (SSSR count). The number of fused-ring (bicyclic) bond motifs is 18. The van der Waals surface area contributed by atoms with Gasteiger partial charge in [-0.1, -0.05) is 129 Å². The summed E-state index contributed by atoms with van der Waals surface area (Å²) < 4.78 is 30.0. The average Bonchev–Trinajstić information content (AvgIpc) is 1.68. The number of cyclic esters (lactones) is 2. The van der Waals surface area contributed by atoms with Crippen LogP contribution in [0.2, 0.25) is 0 Å². The number of nitrogens with zero attached hydrogens (tertiary/aromatic N) is 5. The number of benzene rings is 6. The Kier molecular flexibility index (Phi) is 24.2. The molecule has 6 aliphatic carbocycles. The number of ether oxygens (including phenoxy) is 5. The summed E-state index contributed by atoms with van der Waals surface area (Å²) in [4.78, 5) is 175. The largest absolute Gasteiger partial charge is 0.491 e. The summed E-state index contributed by atoms with van der Waals surface area (Å²) in [6.07, 6.45) is 17.0. The zero-order valence-corrected chi connectivity index (χ0v) is 76.1. The van der Waals surface area contributed by atoms with Crippen LogP contribution in [0, 0.1) is 99.1 Å². The van der Waals surface area contributed by atoms with E-state index in [-0.39, 0.29) is 66.9 Å². The van der Waals surface area contributed by atoms with Crippen LogP contribution in [0.15, 0.2) is 170 Å². The van der Waals surface area contributed by atoms with Gasteiger partial charge in [-0.05, 0) is 250 Å². The van der Waals surface area contributed by atoms with Gasteiger partial charge in [-0.2, -0.15) is 0 Å². The van der Waals surface area contributed by atoms with Gasteiger partial charge in [0.1, 0.15) is 29.5 Å². The molecule has 25 nitrogen and oxygen atoms in total. The molecule has 8 amide bonds. The third-order valence-electron chi connectivity index (χ3n) is 32.2. The predicted octanol–water partition coefficient (Wildman–Crippen LogP) is 18.3. The molecule has 3 N–H and O–H groups in total. The van der Waals surface area contributed by atoms with Crippen molar-refractivity contribution in [2.24, 2.45) is 99.1 Å². The molecular formula is C106H116N6O19. The Bertz CT molecular complexity index is 5820. The van der Waals surface area contributed by atoms with Crippen LogP contribution in [0.4, 0.5) is 22.7 Å². The molecule has 6 saturated heterocycles. The molecule has 684 valence electrons. The Labute approximate surface area is 762 Å². The van der Waals surface area contributed by atoms with Crippen molar-refractivity contribution in [1.82, 2.24) is 9.47 Å². The van der Waals surface area contributed by atoms with Crippen LogP contribution in [-0.2, 0) is 73.6 Å². The number of anilines is 4. The van der Waals surface area contributed by atoms with E-state index >= 15 is 0 Å². The number of likely N-dealkylation sites (tertiary alicyclic amines) is 1. The highest BCUT2D eigenvalue weighted by molar-refractivity contribution is 6.26. The molecular weight excluding hydrogens is 1660 g/mol. The third kappa shape index (κ3) is 16.1. The van der Waals surface area contributed by atoms with Crippen LogP contribution in [0.3, 0.4) is 0 Å². The number of carbonyl (C=O) groups excluding carboxylic acids is 12. The van der Waals surface area contributed by atoms with Gasteiger partial charge in [0.25, 0.3) is 0 Å². The van der Waals surface area contributed by atoms with Gasteiger partial charge in [-0.3, -0.25) is 48.2 Å². The number of nitrogens with two attached hydrogens (primary N) is 1. The molecule has 0 radical (unpaired) electrons. The van der Waals surface area contributed by atoms with Crippen LogP contribution >= 0.6 is 0 Å². The molecule has 15 unspecified atom stereocenters. The number of hydrogen-bond donors (Lipinski definition) is 2. The number of amides is 8. The number of aryl methyl sites for hydroxylation is 1. The number of unbranched alkanes of at least 4 members (excludes halogenated alkanes) is 1. The minimum absolute atomic E-state index is 0.0493. The van der Waals surface area contributed by atoms with E-state index in [9.17, 15) is 67.4 Å². The standard InChI is InChI=1S/C62H77N5O11.C24H21NO4.C20H18O4/c1-31(2)9-7-8-10-33-11-16-47-60(33,3)22-19-48-61(4)20-17-32(23-34(61)18-21-62(47,48)5)30-78-46-25-36(12-14-44(46)63)66-54(71)40-27-43(56(66)73)52-38(40)29-50(69)67(58(52)75)45-15-13-35(24-41(45)59(76)77)65-53(70)39-26-42(55(65)72)51-37(39)28-49(68)64(6)57(51)74;1-4-25-19-11-15(21-9-13(2)23(26)28-21)5-7-17(19)18-8-6-16(12-20(18)25)22-10-14(3)24(27)29-22;1-13(2)19(21)23-17-9-5-15(6-10-17)16-7-11-18(12-8-16)24-20(22)14(3)4/h12-15,24-25,31-34,37-40,42-43,47-48,51-52H,7-11,16-23,26-30,63H2,1-6H3,(H,76,77);5-8,11-12,21-22H,2-4,9-10H2,1H3;5-12H,1,3H2,2,4H3/t32?,33?,34?,37?,38?,39?,40?,42?,43?,47?,48?,51?,52?,60-,61+,62+;;/m1../s1. The molecule has 0 spiro atoms. The number of aromatic nitrogens is 1. The van der Waals surface area contributed by atoms with Gasteiger partial charge < -0.3 is 39.1 Å². The second-order valence-electron chi connectivity index (χ2n) is 40.2. The highest BCUT2D eigenvalue weighted by atomic mass is 16.6. The number of piperidine rings is 4. The van der Waals surface area contributed by atoms with E-state index in [4.69, 9.17) is 29.4 Å². The van der Waals surface area contributed by atoms with Crippen molar-refractivity contribution in [2.45, 2.75) is 196 Å². The SMILES string of the molecule is C=C(C)C(=O)Oc1ccc(-c2ccc(OC(=O)C(=C)C)cc2)cc1.C=C1CC(c2ccc3c4ccc(C5CC(=C)C(=O)O5)cc4n(CC)c3c2)OC1=O.CC(C)CCCCC1CCC2[C@]3(C)CCC4CC(COc5cc(N6C(=O)C7CC(C6=O)C6C(=O)N(c8ccc(N9C(=O)C%10CC(C9=O)C9C(=O)N(C)C(=O)CC%109)cc8C(=O)O)C(=O)CC76)ccc5N)CC[C@]4(C)C3CC[C@]12C. The van der Waals surface area contributed by atoms with Gasteiger partial charge in [-0.25, -0.2) is 33.8 Å². The van der Waals surface area contributed by atoms with Crippen molar-refractivity contribution in [3.63, 3.8) is 0 Å². The smallest absolute Gasteiger partial charge is 0.338 e. The molecule has 25 heteroatoms. The number of imide groups is 4. The van der Waals surface area contributed by atoms with Crippen LogP contribution in [0.25, 0.3) is 32.9 Å². The van der Waals surface area contributed by atoms with Crippen molar-refractivity contribution >= 4 is 122 Å². The summed E-state index contributed by atoms with van der Waals surface area (Å²) in [6, 6.07) is 35.0. The number of hydrogen-bond acceptors (Lipinski definition) is 19. The lowest BCUT2D eigenvalue weighted by molar-refractivity contribution is -0.170. The normalized spacial score (nSPS) is 29.8. The molecule has 4 bridgehead atoms. The Hall–Kier alpha value is -12.4. The maximum absolute atomic E-state index is 14.7. The Morgan fingerprint density at radius 2 is 1.05 bits per heavy atom. The monoisotopic (exact) mass is 1780 g/mol. The van der Waals surface area contributed by atoms with Gasteiger partial charge in [0, 0.05) is 101 Å². The number of rotatable bonds is 20. The fraction of sp³-hybridized carbons (Fsp3) is 0.462. The summed E-state index contributed by atoms with van der Waals surface area (Å²) in [5.74, 6) is -9.78. The molecule has 7 aromatic rings. The van der Waals surface area contributed by atoms with E-state index in [0.29, 0.717) is 92.8 Å². The summed E-state index contributed by atoms with van der Waals surface area (Å²) in [5.41, 5.74) is 15.1. The van der Waals surface area contributed by atoms with Gasteiger partial charge in [0.15, 0.2) is 0 Å². The van der Waals surface area contributed by atoms with Crippen LogP contribution < -0.4 is 34.6 Å². The first kappa shape index (κ1) is 90.5. The summed E-state index contributed by atoms with van der Waals surface area (Å²) in [6.45, 7) is 33.8.